The van der Waals surface area contributed by atoms with Crippen molar-refractivity contribution in [3.8, 4) is 11.8 Å². The molecule has 2 aromatic rings. The van der Waals surface area contributed by atoms with Gasteiger partial charge in [0.1, 0.15) is 16.2 Å². The van der Waals surface area contributed by atoms with Gasteiger partial charge in [0.05, 0.1) is 4.90 Å². The van der Waals surface area contributed by atoms with Gasteiger partial charge < -0.3 is 10.5 Å². The van der Waals surface area contributed by atoms with Gasteiger partial charge in [0.25, 0.3) is 0 Å². The van der Waals surface area contributed by atoms with E-state index in [-0.39, 0.29) is 16.7 Å². The van der Waals surface area contributed by atoms with Crippen LogP contribution in [0.4, 0.5) is 5.82 Å². The highest BCUT2D eigenvalue weighted by atomic mass is 79.9. The largest absolute Gasteiger partial charge is 0.424 e. The number of anilines is 1. The van der Waals surface area contributed by atoms with Crippen molar-refractivity contribution in [3.05, 3.63) is 34.9 Å². The fourth-order valence-corrected chi connectivity index (χ4v) is 2.38. The molecule has 1 aromatic carbocycles. The summed E-state index contributed by atoms with van der Waals surface area (Å²) in [4.78, 5) is 8.02. The van der Waals surface area contributed by atoms with Gasteiger partial charge in [0.2, 0.25) is 0 Å². The predicted octanol–water partition coefficient (Wildman–Crippen LogP) is 2.02. The highest BCUT2D eigenvalue weighted by Gasteiger charge is 2.09. The van der Waals surface area contributed by atoms with Gasteiger partial charge in [0.15, 0.2) is 9.84 Å². The molecular formula is C11H10BrN3O3S. The van der Waals surface area contributed by atoms with Gasteiger partial charge in [0, 0.05) is 12.3 Å². The Morgan fingerprint density at radius 1 is 1.26 bits per heavy atom. The van der Waals surface area contributed by atoms with Crippen LogP contribution in [0.1, 0.15) is 0 Å². The molecule has 0 radical (unpaired) electrons. The van der Waals surface area contributed by atoms with E-state index < -0.39 is 9.84 Å². The maximum absolute atomic E-state index is 11.4. The van der Waals surface area contributed by atoms with Gasteiger partial charge in [-0.2, -0.15) is 9.97 Å². The van der Waals surface area contributed by atoms with E-state index in [1.165, 1.54) is 18.2 Å². The van der Waals surface area contributed by atoms with Crippen LogP contribution in [0.5, 0.6) is 11.8 Å². The summed E-state index contributed by atoms with van der Waals surface area (Å²) in [5, 5.41) is 0. The molecule has 8 heteroatoms. The van der Waals surface area contributed by atoms with Gasteiger partial charge >= 0.3 is 6.01 Å². The third kappa shape index (κ3) is 3.65. The maximum atomic E-state index is 11.4. The second kappa shape index (κ2) is 5.14. The average molecular weight is 344 g/mol. The summed E-state index contributed by atoms with van der Waals surface area (Å²) < 4.78 is 28.7. The fraction of sp³-hybridized carbons (Fsp3) is 0.0909. The first-order valence-electron chi connectivity index (χ1n) is 5.12. The molecule has 0 saturated heterocycles. The SMILES string of the molecule is CS(=O)(=O)c1cccc(Oc2nc(N)cc(Br)n2)c1. The quantitative estimate of drug-likeness (QED) is 0.856. The molecule has 2 rings (SSSR count). The zero-order valence-corrected chi connectivity index (χ0v) is 12.3. The molecule has 0 amide bonds. The molecule has 0 saturated carbocycles. The van der Waals surface area contributed by atoms with E-state index in [0.717, 1.165) is 6.26 Å². The summed E-state index contributed by atoms with van der Waals surface area (Å²) in [5.41, 5.74) is 5.56. The van der Waals surface area contributed by atoms with Crippen LogP contribution >= 0.6 is 15.9 Å². The van der Waals surface area contributed by atoms with Crippen molar-refractivity contribution in [1.29, 1.82) is 0 Å². The number of ether oxygens (including phenoxy) is 1. The van der Waals surface area contributed by atoms with Crippen molar-refractivity contribution in [2.75, 3.05) is 12.0 Å². The maximum Gasteiger partial charge on any atom is 0.325 e. The molecule has 0 aliphatic heterocycles. The van der Waals surface area contributed by atoms with Gasteiger partial charge in [-0.3, -0.25) is 0 Å². The third-order valence-corrected chi connectivity index (χ3v) is 3.65. The molecule has 0 fully saturated rings. The number of nitrogens with two attached hydrogens (primary N) is 1. The molecule has 6 nitrogen and oxygen atoms in total. The van der Waals surface area contributed by atoms with Crippen LogP contribution in [0.2, 0.25) is 0 Å². The van der Waals surface area contributed by atoms with Crippen LogP contribution in [0, 0.1) is 0 Å². The Hall–Kier alpha value is -1.67. The predicted molar refractivity (Wildman–Crippen MR) is 73.8 cm³/mol. The summed E-state index contributed by atoms with van der Waals surface area (Å²) in [7, 11) is -3.29. The van der Waals surface area contributed by atoms with E-state index in [0.29, 0.717) is 10.4 Å². The molecule has 0 unspecified atom stereocenters. The van der Waals surface area contributed by atoms with E-state index in [4.69, 9.17) is 10.5 Å². The first-order chi connectivity index (χ1) is 8.84. The summed E-state index contributed by atoms with van der Waals surface area (Å²) in [5.74, 6) is 0.566. The van der Waals surface area contributed by atoms with Crippen LogP contribution in [-0.2, 0) is 9.84 Å². The van der Waals surface area contributed by atoms with Crippen LogP contribution in [-0.4, -0.2) is 24.6 Å². The second-order valence-corrected chi connectivity index (χ2v) is 6.58. The number of nitrogen functional groups attached to an aromatic ring is 1. The highest BCUT2D eigenvalue weighted by Crippen LogP contribution is 2.23. The number of nitrogens with zero attached hydrogens (tertiary/aromatic N) is 2. The minimum atomic E-state index is -3.29. The highest BCUT2D eigenvalue weighted by molar-refractivity contribution is 9.10. The Morgan fingerprint density at radius 2 is 2.00 bits per heavy atom. The molecule has 19 heavy (non-hydrogen) atoms. The zero-order valence-electron chi connectivity index (χ0n) is 9.87. The van der Waals surface area contributed by atoms with Gasteiger partial charge in [-0.15, -0.1) is 0 Å². The molecule has 1 aromatic heterocycles. The first kappa shape index (κ1) is 13.8. The Labute approximate surface area is 118 Å². The Kier molecular flexibility index (Phi) is 3.72. The lowest BCUT2D eigenvalue weighted by molar-refractivity contribution is 0.440. The van der Waals surface area contributed by atoms with Crippen molar-refractivity contribution in [2.24, 2.45) is 0 Å². The molecular weight excluding hydrogens is 334 g/mol. The molecule has 1 heterocycles. The third-order valence-electron chi connectivity index (χ3n) is 2.14. The topological polar surface area (TPSA) is 95.2 Å². The van der Waals surface area contributed by atoms with Crippen molar-refractivity contribution in [2.45, 2.75) is 4.90 Å². The lowest BCUT2D eigenvalue weighted by Gasteiger charge is -2.06. The molecule has 0 aliphatic carbocycles. The monoisotopic (exact) mass is 343 g/mol. The summed E-state index contributed by atoms with van der Waals surface area (Å²) in [6.07, 6.45) is 1.12. The molecule has 0 aliphatic rings. The summed E-state index contributed by atoms with van der Waals surface area (Å²) in [6, 6.07) is 7.63. The molecule has 2 N–H and O–H groups in total. The number of rotatable bonds is 3. The van der Waals surface area contributed by atoms with E-state index in [2.05, 4.69) is 25.9 Å². The first-order valence-corrected chi connectivity index (χ1v) is 7.81. The number of benzene rings is 1. The van der Waals surface area contributed by atoms with Gasteiger partial charge in [-0.05, 0) is 34.1 Å². The molecule has 100 valence electrons. The van der Waals surface area contributed by atoms with Crippen molar-refractivity contribution in [1.82, 2.24) is 9.97 Å². The molecule has 0 spiro atoms. The number of halogens is 1. The van der Waals surface area contributed by atoms with Crippen LogP contribution in [0.25, 0.3) is 0 Å². The van der Waals surface area contributed by atoms with E-state index >= 15 is 0 Å². The Bertz CT molecular complexity index is 699. The van der Waals surface area contributed by atoms with E-state index in [9.17, 15) is 8.42 Å². The van der Waals surface area contributed by atoms with E-state index in [1.54, 1.807) is 12.1 Å². The lowest BCUT2D eigenvalue weighted by atomic mass is 10.3. The van der Waals surface area contributed by atoms with E-state index in [1.807, 2.05) is 0 Å². The van der Waals surface area contributed by atoms with Crippen molar-refractivity contribution < 1.29 is 13.2 Å². The number of sulfone groups is 1. The number of aromatic nitrogens is 2. The normalized spacial score (nSPS) is 11.3. The fourth-order valence-electron chi connectivity index (χ4n) is 1.33. The summed E-state index contributed by atoms with van der Waals surface area (Å²) >= 11 is 3.17. The van der Waals surface area contributed by atoms with Crippen LogP contribution < -0.4 is 10.5 Å². The lowest BCUT2D eigenvalue weighted by Crippen LogP contribution is -1.99. The number of hydrogen-bond acceptors (Lipinski definition) is 6. The smallest absolute Gasteiger partial charge is 0.325 e. The standard InChI is InChI=1S/C11H10BrN3O3S/c1-19(16,17)8-4-2-3-7(5-8)18-11-14-9(12)6-10(13)15-11/h2-6H,1H3,(H2,13,14,15). The minimum Gasteiger partial charge on any atom is -0.424 e. The zero-order chi connectivity index (χ0) is 14.0. The van der Waals surface area contributed by atoms with Gasteiger partial charge in [-0.1, -0.05) is 6.07 Å². The van der Waals surface area contributed by atoms with Crippen molar-refractivity contribution in [3.63, 3.8) is 0 Å². The second-order valence-electron chi connectivity index (χ2n) is 3.75. The van der Waals surface area contributed by atoms with Crippen molar-refractivity contribution >= 4 is 31.6 Å². The Balaban J connectivity index is 2.33. The molecule has 0 atom stereocenters. The summed E-state index contributed by atoms with van der Waals surface area (Å²) in [6.45, 7) is 0. The molecule has 0 bridgehead atoms. The van der Waals surface area contributed by atoms with Gasteiger partial charge in [-0.25, -0.2) is 8.42 Å². The average Bonchev–Trinajstić information content (AvgIpc) is 2.26. The number of hydrogen-bond donors (Lipinski definition) is 1. The minimum absolute atomic E-state index is 0.0394. The van der Waals surface area contributed by atoms with Crippen LogP contribution in [0.3, 0.4) is 0 Å². The Morgan fingerprint density at radius 3 is 2.63 bits per heavy atom. The van der Waals surface area contributed by atoms with Crippen LogP contribution in [0.15, 0.2) is 39.8 Å².